The summed E-state index contributed by atoms with van der Waals surface area (Å²) in [6, 6.07) is 9.62. The molecule has 5 heteroatoms. The monoisotopic (exact) mass is 280 g/mol. The highest BCUT2D eigenvalue weighted by Crippen LogP contribution is 2.13. The number of pyridine rings is 1. The molecule has 0 atom stereocenters. The molecule has 3 nitrogen and oxygen atoms in total. The zero-order valence-electron chi connectivity index (χ0n) is 10.3. The number of benzene rings is 1. The van der Waals surface area contributed by atoms with Crippen molar-refractivity contribution in [2.24, 2.45) is 0 Å². The van der Waals surface area contributed by atoms with E-state index in [0.29, 0.717) is 17.5 Å². The maximum atomic E-state index is 12.7. The molecule has 1 heterocycles. The second kappa shape index (κ2) is 6.95. The summed E-state index contributed by atoms with van der Waals surface area (Å²) in [5.41, 5.74) is 0.932. The minimum atomic E-state index is -0.261. The first kappa shape index (κ1) is 13.6. The van der Waals surface area contributed by atoms with Gasteiger partial charge in [0, 0.05) is 18.4 Å². The molecule has 0 aliphatic heterocycles. The van der Waals surface area contributed by atoms with Crippen LogP contribution in [0.2, 0.25) is 5.15 Å². The Balaban J connectivity index is 1.66. The highest BCUT2D eigenvalue weighted by atomic mass is 35.5. The Labute approximate surface area is 116 Å². The van der Waals surface area contributed by atoms with Gasteiger partial charge in [-0.15, -0.1) is 0 Å². The van der Waals surface area contributed by atoms with Gasteiger partial charge in [0.25, 0.3) is 0 Å². The van der Waals surface area contributed by atoms with Crippen LogP contribution in [0.15, 0.2) is 42.6 Å². The molecule has 100 valence electrons. The van der Waals surface area contributed by atoms with Crippen molar-refractivity contribution in [3.63, 3.8) is 0 Å². The van der Waals surface area contributed by atoms with Crippen molar-refractivity contribution in [2.45, 2.75) is 6.42 Å². The van der Waals surface area contributed by atoms with Gasteiger partial charge in [-0.2, -0.15) is 0 Å². The number of halogens is 2. The fraction of sp³-hybridized carbons (Fsp3) is 0.214. The average molecular weight is 281 g/mol. The van der Waals surface area contributed by atoms with Gasteiger partial charge < -0.3 is 10.1 Å². The summed E-state index contributed by atoms with van der Waals surface area (Å²) in [5.74, 6) is 0.414. The van der Waals surface area contributed by atoms with Crippen molar-refractivity contribution in [3.05, 3.63) is 53.6 Å². The molecule has 0 aliphatic carbocycles. The zero-order valence-corrected chi connectivity index (χ0v) is 11.0. The Hall–Kier alpha value is -1.81. The van der Waals surface area contributed by atoms with E-state index >= 15 is 0 Å². The number of hydrogen-bond donors (Lipinski definition) is 1. The van der Waals surface area contributed by atoms with E-state index in [1.54, 1.807) is 24.4 Å². The molecule has 1 aromatic carbocycles. The molecule has 2 aromatic rings. The van der Waals surface area contributed by atoms with Crippen LogP contribution in [0.5, 0.6) is 5.75 Å². The van der Waals surface area contributed by atoms with E-state index in [4.69, 9.17) is 16.3 Å². The van der Waals surface area contributed by atoms with Crippen molar-refractivity contribution < 1.29 is 9.13 Å². The molecule has 19 heavy (non-hydrogen) atoms. The number of anilines is 1. The number of rotatable bonds is 6. The van der Waals surface area contributed by atoms with Crippen molar-refractivity contribution in [1.82, 2.24) is 4.98 Å². The lowest BCUT2D eigenvalue weighted by Gasteiger charge is -2.08. The Bertz CT molecular complexity index is 519. The Kier molecular flexibility index (Phi) is 4.98. The molecule has 0 aliphatic rings. The minimum absolute atomic E-state index is 0.261. The van der Waals surface area contributed by atoms with Crippen molar-refractivity contribution in [1.29, 1.82) is 0 Å². The molecule has 0 fully saturated rings. The summed E-state index contributed by atoms with van der Waals surface area (Å²) in [6.07, 6.45) is 2.48. The molecule has 0 amide bonds. The molecule has 0 saturated carbocycles. The first-order valence-corrected chi connectivity index (χ1v) is 6.35. The predicted molar refractivity (Wildman–Crippen MR) is 74.2 cm³/mol. The third-order valence-electron chi connectivity index (χ3n) is 2.46. The molecule has 0 radical (unpaired) electrons. The van der Waals surface area contributed by atoms with Crippen LogP contribution in [0.3, 0.4) is 0 Å². The van der Waals surface area contributed by atoms with Gasteiger partial charge in [0.05, 0.1) is 6.61 Å². The first-order valence-electron chi connectivity index (χ1n) is 5.98. The molecule has 0 spiro atoms. The summed E-state index contributed by atoms with van der Waals surface area (Å²) in [6.45, 7) is 1.33. The molecular formula is C14H14ClFN2O. The van der Waals surface area contributed by atoms with Crippen LogP contribution < -0.4 is 10.1 Å². The van der Waals surface area contributed by atoms with Gasteiger partial charge in [-0.1, -0.05) is 11.6 Å². The quantitative estimate of drug-likeness (QED) is 0.646. The van der Waals surface area contributed by atoms with Crippen molar-refractivity contribution in [3.8, 4) is 5.75 Å². The van der Waals surface area contributed by atoms with Gasteiger partial charge in [-0.05, 0) is 42.8 Å². The second-order valence-electron chi connectivity index (χ2n) is 3.95. The maximum absolute atomic E-state index is 12.7. The molecular weight excluding hydrogens is 267 g/mol. The lowest BCUT2D eigenvalue weighted by molar-refractivity contribution is 0.314. The zero-order chi connectivity index (χ0) is 13.5. The lowest BCUT2D eigenvalue weighted by atomic mass is 10.3. The molecule has 1 N–H and O–H groups in total. The Morgan fingerprint density at radius 1 is 1.21 bits per heavy atom. The van der Waals surface area contributed by atoms with Gasteiger partial charge in [-0.3, -0.25) is 0 Å². The summed E-state index contributed by atoms with van der Waals surface area (Å²) in [5, 5.41) is 3.68. The van der Waals surface area contributed by atoms with Gasteiger partial charge in [0.15, 0.2) is 0 Å². The van der Waals surface area contributed by atoms with Gasteiger partial charge in [0.1, 0.15) is 16.7 Å². The van der Waals surface area contributed by atoms with Crippen molar-refractivity contribution >= 4 is 17.3 Å². The summed E-state index contributed by atoms with van der Waals surface area (Å²) >= 11 is 5.77. The average Bonchev–Trinajstić information content (AvgIpc) is 2.41. The second-order valence-corrected chi connectivity index (χ2v) is 4.34. The normalized spacial score (nSPS) is 10.2. The third-order valence-corrected chi connectivity index (χ3v) is 2.67. The summed E-state index contributed by atoms with van der Waals surface area (Å²) in [7, 11) is 0. The maximum Gasteiger partial charge on any atom is 0.131 e. The highest BCUT2D eigenvalue weighted by Gasteiger charge is 1.96. The van der Waals surface area contributed by atoms with Crippen LogP contribution in [0.4, 0.5) is 10.1 Å². The fourth-order valence-corrected chi connectivity index (χ4v) is 1.71. The van der Waals surface area contributed by atoms with Crippen LogP contribution >= 0.6 is 11.6 Å². The fourth-order valence-electron chi connectivity index (χ4n) is 1.54. The molecule has 0 saturated heterocycles. The topological polar surface area (TPSA) is 34.1 Å². The van der Waals surface area contributed by atoms with E-state index in [1.165, 1.54) is 12.1 Å². The predicted octanol–water partition coefficient (Wildman–Crippen LogP) is 3.76. The summed E-state index contributed by atoms with van der Waals surface area (Å²) in [4.78, 5) is 3.90. The Morgan fingerprint density at radius 3 is 2.74 bits per heavy atom. The van der Waals surface area contributed by atoms with E-state index in [9.17, 15) is 4.39 Å². The number of nitrogens with one attached hydrogen (secondary N) is 1. The van der Waals surface area contributed by atoms with E-state index in [0.717, 1.165) is 18.7 Å². The number of aromatic nitrogens is 1. The standard InChI is InChI=1S/C14H14ClFN2O/c15-14-10-12(6-8-18-14)17-7-1-9-19-13-4-2-11(16)3-5-13/h2-6,8,10H,1,7,9H2,(H,17,18). The van der Waals surface area contributed by atoms with Crippen LogP contribution in [0.25, 0.3) is 0 Å². The van der Waals surface area contributed by atoms with Gasteiger partial charge in [0.2, 0.25) is 0 Å². The largest absolute Gasteiger partial charge is 0.494 e. The van der Waals surface area contributed by atoms with Crippen LogP contribution in [0, 0.1) is 5.82 Å². The van der Waals surface area contributed by atoms with E-state index < -0.39 is 0 Å². The molecule has 2 rings (SSSR count). The highest BCUT2D eigenvalue weighted by molar-refractivity contribution is 6.29. The molecule has 0 bridgehead atoms. The number of hydrogen-bond acceptors (Lipinski definition) is 3. The van der Waals surface area contributed by atoms with Crippen LogP contribution in [0.1, 0.15) is 6.42 Å². The van der Waals surface area contributed by atoms with Gasteiger partial charge in [-0.25, -0.2) is 9.37 Å². The summed E-state index contributed by atoms with van der Waals surface area (Å²) < 4.78 is 18.1. The van der Waals surface area contributed by atoms with Gasteiger partial charge >= 0.3 is 0 Å². The number of ether oxygens (including phenoxy) is 1. The number of nitrogens with zero attached hydrogens (tertiary/aromatic N) is 1. The van der Waals surface area contributed by atoms with E-state index in [1.807, 2.05) is 6.07 Å². The van der Waals surface area contributed by atoms with Crippen LogP contribution in [-0.4, -0.2) is 18.1 Å². The first-order chi connectivity index (χ1) is 9.24. The third kappa shape index (κ3) is 4.75. The SMILES string of the molecule is Fc1ccc(OCCCNc2ccnc(Cl)c2)cc1. The lowest BCUT2D eigenvalue weighted by Crippen LogP contribution is -2.07. The smallest absolute Gasteiger partial charge is 0.131 e. The molecule has 1 aromatic heterocycles. The molecule has 0 unspecified atom stereocenters. The van der Waals surface area contributed by atoms with E-state index in [2.05, 4.69) is 10.3 Å². The van der Waals surface area contributed by atoms with Crippen molar-refractivity contribution in [2.75, 3.05) is 18.5 Å². The van der Waals surface area contributed by atoms with Crippen LogP contribution in [-0.2, 0) is 0 Å². The minimum Gasteiger partial charge on any atom is -0.494 e. The Morgan fingerprint density at radius 2 is 2.00 bits per heavy atom. The van der Waals surface area contributed by atoms with E-state index in [-0.39, 0.29) is 5.82 Å².